The number of hydrogen-bond acceptors (Lipinski definition) is 3. The Morgan fingerprint density at radius 1 is 0.882 bits per heavy atom. The lowest BCUT2D eigenvalue weighted by molar-refractivity contribution is -0.137. The summed E-state index contributed by atoms with van der Waals surface area (Å²) in [4.78, 5) is 28.9. The fraction of sp³-hybridized carbons (Fsp3) is 0.320. The van der Waals surface area contributed by atoms with E-state index < -0.39 is 11.7 Å². The average molecular weight is 470 g/mol. The number of benzene rings is 2. The van der Waals surface area contributed by atoms with Crippen LogP contribution in [0.5, 0.6) is 0 Å². The van der Waals surface area contributed by atoms with E-state index >= 15 is 0 Å². The van der Waals surface area contributed by atoms with Gasteiger partial charge in [0, 0.05) is 43.0 Å². The highest BCUT2D eigenvalue weighted by Gasteiger charge is 2.31. The summed E-state index contributed by atoms with van der Waals surface area (Å²) in [5.41, 5.74) is 2.93. The molecule has 0 saturated carbocycles. The molecule has 0 radical (unpaired) electrons. The summed E-state index contributed by atoms with van der Waals surface area (Å²) in [5.74, 6) is -0.378. The van der Waals surface area contributed by atoms with Crippen molar-refractivity contribution >= 4 is 11.8 Å². The van der Waals surface area contributed by atoms with Crippen LogP contribution in [0, 0.1) is 13.8 Å². The van der Waals surface area contributed by atoms with Crippen LogP contribution in [0.1, 0.15) is 32.9 Å². The maximum atomic E-state index is 13.0. The van der Waals surface area contributed by atoms with Gasteiger partial charge >= 0.3 is 6.18 Å². The van der Waals surface area contributed by atoms with Gasteiger partial charge in [-0.05, 0) is 50.2 Å². The standard InChI is InChI=1S/C25H25F3N4O2/c1-17-22(18(2)32(29-17)21-6-4-3-5-7-21)16-23(33)30-12-14-31(15-13-30)24(34)19-8-10-20(11-9-19)25(26,27)28/h3-11H,12-16H2,1-2H3. The molecule has 2 amide bonds. The second kappa shape index (κ2) is 9.32. The fourth-order valence-electron chi connectivity index (χ4n) is 4.16. The Hall–Kier alpha value is -3.62. The van der Waals surface area contributed by atoms with Crippen molar-refractivity contribution in [2.24, 2.45) is 0 Å². The molecule has 0 aliphatic carbocycles. The number of aromatic nitrogens is 2. The van der Waals surface area contributed by atoms with Crippen molar-refractivity contribution < 1.29 is 22.8 Å². The highest BCUT2D eigenvalue weighted by molar-refractivity contribution is 5.94. The molecule has 6 nitrogen and oxygen atoms in total. The molecule has 178 valence electrons. The Morgan fingerprint density at radius 2 is 1.47 bits per heavy atom. The van der Waals surface area contributed by atoms with Crippen LogP contribution in [0.25, 0.3) is 5.69 Å². The van der Waals surface area contributed by atoms with E-state index in [4.69, 9.17) is 0 Å². The zero-order valence-electron chi connectivity index (χ0n) is 19.0. The van der Waals surface area contributed by atoms with Crippen molar-refractivity contribution in [1.29, 1.82) is 0 Å². The summed E-state index contributed by atoms with van der Waals surface area (Å²) in [6.07, 6.45) is -4.22. The summed E-state index contributed by atoms with van der Waals surface area (Å²) >= 11 is 0. The van der Waals surface area contributed by atoms with Gasteiger partial charge in [0.15, 0.2) is 0 Å². The van der Waals surface area contributed by atoms with Crippen LogP contribution in [0.4, 0.5) is 13.2 Å². The zero-order valence-corrected chi connectivity index (χ0v) is 19.0. The van der Waals surface area contributed by atoms with Crippen molar-refractivity contribution in [1.82, 2.24) is 19.6 Å². The fourth-order valence-corrected chi connectivity index (χ4v) is 4.16. The molecule has 1 aliphatic rings. The number of amides is 2. The number of rotatable bonds is 4. The number of aryl methyl sites for hydroxylation is 1. The third-order valence-electron chi connectivity index (χ3n) is 6.15. The predicted octanol–water partition coefficient (Wildman–Crippen LogP) is 4.04. The van der Waals surface area contributed by atoms with E-state index in [1.807, 2.05) is 48.9 Å². The van der Waals surface area contributed by atoms with E-state index in [0.717, 1.165) is 34.8 Å². The number of hydrogen-bond donors (Lipinski definition) is 0. The van der Waals surface area contributed by atoms with Crippen molar-refractivity contribution in [2.75, 3.05) is 26.2 Å². The Kier molecular flexibility index (Phi) is 6.45. The molecule has 0 N–H and O–H groups in total. The van der Waals surface area contributed by atoms with Crippen LogP contribution in [0.2, 0.25) is 0 Å². The second-order valence-electron chi connectivity index (χ2n) is 8.32. The molecule has 1 aliphatic heterocycles. The molecular weight excluding hydrogens is 445 g/mol. The third kappa shape index (κ3) is 4.83. The quantitative estimate of drug-likeness (QED) is 0.579. The Labute approximate surface area is 195 Å². The van der Waals surface area contributed by atoms with Crippen LogP contribution in [0.15, 0.2) is 54.6 Å². The minimum atomic E-state index is -4.44. The Bertz CT molecular complexity index is 1180. The van der Waals surface area contributed by atoms with Gasteiger partial charge < -0.3 is 9.80 Å². The minimum absolute atomic E-state index is 0.0413. The number of carbonyl (C=O) groups is 2. The molecule has 34 heavy (non-hydrogen) atoms. The molecule has 3 aromatic rings. The zero-order chi connectivity index (χ0) is 24.5. The number of halogens is 3. The topological polar surface area (TPSA) is 58.4 Å². The Balaban J connectivity index is 1.37. The van der Waals surface area contributed by atoms with E-state index in [0.29, 0.717) is 26.2 Å². The largest absolute Gasteiger partial charge is 0.416 e. The van der Waals surface area contributed by atoms with Gasteiger partial charge in [0.05, 0.1) is 23.4 Å². The second-order valence-corrected chi connectivity index (χ2v) is 8.32. The first-order chi connectivity index (χ1) is 16.1. The smallest absolute Gasteiger partial charge is 0.339 e. The molecule has 1 saturated heterocycles. The first-order valence-corrected chi connectivity index (χ1v) is 11.0. The molecule has 1 fully saturated rings. The maximum Gasteiger partial charge on any atom is 0.416 e. The SMILES string of the molecule is Cc1nn(-c2ccccc2)c(C)c1CC(=O)N1CCN(C(=O)c2ccc(C(F)(F)F)cc2)CC1. The van der Waals surface area contributed by atoms with E-state index in [-0.39, 0.29) is 23.8 Å². The first-order valence-electron chi connectivity index (χ1n) is 11.0. The van der Waals surface area contributed by atoms with E-state index in [2.05, 4.69) is 5.10 Å². The summed E-state index contributed by atoms with van der Waals surface area (Å²) < 4.78 is 40.1. The highest BCUT2D eigenvalue weighted by Crippen LogP contribution is 2.29. The van der Waals surface area contributed by atoms with Crippen molar-refractivity contribution in [3.63, 3.8) is 0 Å². The van der Waals surface area contributed by atoms with E-state index in [1.54, 1.807) is 9.80 Å². The normalized spacial score (nSPS) is 14.4. The van der Waals surface area contributed by atoms with Gasteiger partial charge in [0.25, 0.3) is 5.91 Å². The lowest BCUT2D eigenvalue weighted by atomic mass is 10.1. The van der Waals surface area contributed by atoms with Gasteiger partial charge in [-0.25, -0.2) is 4.68 Å². The summed E-state index contributed by atoms with van der Waals surface area (Å²) in [6, 6.07) is 13.9. The van der Waals surface area contributed by atoms with Crippen molar-refractivity contribution in [3.8, 4) is 5.69 Å². The molecule has 4 rings (SSSR count). The number of piperazine rings is 1. The molecule has 2 heterocycles. The van der Waals surface area contributed by atoms with Gasteiger partial charge in [-0.3, -0.25) is 9.59 Å². The van der Waals surface area contributed by atoms with Crippen LogP contribution >= 0.6 is 0 Å². The summed E-state index contributed by atoms with van der Waals surface area (Å²) in [6.45, 7) is 5.22. The molecular formula is C25H25F3N4O2. The number of carbonyl (C=O) groups excluding carboxylic acids is 2. The lowest BCUT2D eigenvalue weighted by Crippen LogP contribution is -2.51. The average Bonchev–Trinajstić information content (AvgIpc) is 3.12. The maximum absolute atomic E-state index is 13.0. The van der Waals surface area contributed by atoms with Gasteiger partial charge in [-0.15, -0.1) is 0 Å². The van der Waals surface area contributed by atoms with Crippen LogP contribution < -0.4 is 0 Å². The summed E-state index contributed by atoms with van der Waals surface area (Å²) in [7, 11) is 0. The van der Waals surface area contributed by atoms with Crippen molar-refractivity contribution in [2.45, 2.75) is 26.4 Å². The molecule has 2 aromatic carbocycles. The van der Waals surface area contributed by atoms with E-state index in [1.165, 1.54) is 12.1 Å². The molecule has 0 bridgehead atoms. The van der Waals surface area contributed by atoms with Gasteiger partial charge in [-0.1, -0.05) is 18.2 Å². The number of alkyl halides is 3. The molecule has 0 unspecified atom stereocenters. The third-order valence-corrected chi connectivity index (χ3v) is 6.15. The van der Waals surface area contributed by atoms with Crippen LogP contribution in [-0.4, -0.2) is 57.6 Å². The van der Waals surface area contributed by atoms with Crippen LogP contribution in [0.3, 0.4) is 0 Å². The van der Waals surface area contributed by atoms with E-state index in [9.17, 15) is 22.8 Å². The molecule has 1 aromatic heterocycles. The lowest BCUT2D eigenvalue weighted by Gasteiger charge is -2.35. The monoisotopic (exact) mass is 470 g/mol. The molecule has 0 spiro atoms. The molecule has 9 heteroatoms. The predicted molar refractivity (Wildman–Crippen MR) is 121 cm³/mol. The van der Waals surface area contributed by atoms with Gasteiger partial charge in [0.2, 0.25) is 5.91 Å². The number of para-hydroxylation sites is 1. The minimum Gasteiger partial charge on any atom is -0.339 e. The van der Waals surface area contributed by atoms with Crippen molar-refractivity contribution in [3.05, 3.63) is 82.7 Å². The Morgan fingerprint density at radius 3 is 2.06 bits per heavy atom. The van der Waals surface area contributed by atoms with Gasteiger partial charge in [0.1, 0.15) is 0 Å². The van der Waals surface area contributed by atoms with Crippen LogP contribution in [-0.2, 0) is 17.4 Å². The molecule has 0 atom stereocenters. The summed E-state index contributed by atoms with van der Waals surface area (Å²) in [5, 5.41) is 4.59. The highest BCUT2D eigenvalue weighted by atomic mass is 19.4. The van der Waals surface area contributed by atoms with Gasteiger partial charge in [-0.2, -0.15) is 18.3 Å². The first kappa shape index (κ1) is 23.5. The number of nitrogens with zero attached hydrogens (tertiary/aromatic N) is 4.